The largest absolute Gasteiger partial charge is 0.340 e. The molecule has 2 aromatic carbocycles. The molecule has 0 aliphatic carbocycles. The van der Waals surface area contributed by atoms with E-state index in [1.54, 1.807) is 12.1 Å². The Bertz CT molecular complexity index is 726. The van der Waals surface area contributed by atoms with Gasteiger partial charge in [0.1, 0.15) is 6.04 Å². The quantitative estimate of drug-likeness (QED) is 0.807. The maximum Gasteiger partial charge on any atom is 0.251 e. The number of nitrogens with one attached hydrogen (secondary N) is 2. The van der Waals surface area contributed by atoms with Gasteiger partial charge in [0.05, 0.1) is 0 Å². The number of amides is 2. The molecule has 24 heavy (non-hydrogen) atoms. The van der Waals surface area contributed by atoms with Crippen LogP contribution in [0.5, 0.6) is 0 Å². The van der Waals surface area contributed by atoms with E-state index in [-0.39, 0.29) is 17.7 Å². The minimum Gasteiger partial charge on any atom is -0.340 e. The third kappa shape index (κ3) is 4.93. The second-order valence-electron chi connectivity index (χ2n) is 6.06. The summed E-state index contributed by atoms with van der Waals surface area (Å²) in [5, 5.41) is 5.68. The fourth-order valence-electron chi connectivity index (χ4n) is 2.30. The van der Waals surface area contributed by atoms with Crippen molar-refractivity contribution in [2.75, 3.05) is 5.32 Å². The summed E-state index contributed by atoms with van der Waals surface area (Å²) in [6, 6.07) is 14.0. The molecule has 0 heterocycles. The Morgan fingerprint density at radius 3 is 2.29 bits per heavy atom. The Balaban J connectivity index is 2.09. The lowest BCUT2D eigenvalue weighted by Crippen LogP contribution is -2.47. The summed E-state index contributed by atoms with van der Waals surface area (Å²) < 4.78 is 0.939. The summed E-state index contributed by atoms with van der Waals surface area (Å²) in [7, 11) is 0. The average Bonchev–Trinajstić information content (AvgIpc) is 2.54. The Labute approximate surface area is 150 Å². The number of halogens is 1. The van der Waals surface area contributed by atoms with Gasteiger partial charge in [-0.3, -0.25) is 9.59 Å². The molecule has 2 N–H and O–H groups in total. The lowest BCUT2D eigenvalue weighted by Gasteiger charge is -2.22. The minimum atomic E-state index is -0.610. The van der Waals surface area contributed by atoms with Gasteiger partial charge in [0.2, 0.25) is 5.91 Å². The van der Waals surface area contributed by atoms with E-state index < -0.39 is 6.04 Å². The zero-order chi connectivity index (χ0) is 17.7. The van der Waals surface area contributed by atoms with Crippen molar-refractivity contribution in [3.05, 3.63) is 64.1 Å². The van der Waals surface area contributed by atoms with Crippen LogP contribution in [0.25, 0.3) is 0 Å². The molecular weight excluding hydrogens is 368 g/mol. The molecule has 4 nitrogen and oxygen atoms in total. The van der Waals surface area contributed by atoms with Crippen molar-refractivity contribution < 1.29 is 9.59 Å². The molecule has 2 amide bonds. The van der Waals surface area contributed by atoms with Gasteiger partial charge in [-0.15, -0.1) is 0 Å². The fraction of sp³-hybridized carbons (Fsp3) is 0.263. The van der Waals surface area contributed by atoms with E-state index in [0.717, 1.165) is 10.0 Å². The molecule has 0 bridgehead atoms. The minimum absolute atomic E-state index is 0.0331. The monoisotopic (exact) mass is 388 g/mol. The predicted molar refractivity (Wildman–Crippen MR) is 100 cm³/mol. The maximum absolute atomic E-state index is 12.5. The van der Waals surface area contributed by atoms with Gasteiger partial charge in [-0.2, -0.15) is 0 Å². The van der Waals surface area contributed by atoms with Gasteiger partial charge in [0.15, 0.2) is 0 Å². The fourth-order valence-corrected chi connectivity index (χ4v) is 2.56. The molecule has 0 fully saturated rings. The Hall–Kier alpha value is -2.14. The molecule has 2 aromatic rings. The Morgan fingerprint density at radius 2 is 1.71 bits per heavy atom. The average molecular weight is 389 g/mol. The van der Waals surface area contributed by atoms with Crippen LogP contribution >= 0.6 is 15.9 Å². The van der Waals surface area contributed by atoms with Crippen LogP contribution in [0.2, 0.25) is 0 Å². The summed E-state index contributed by atoms with van der Waals surface area (Å²) >= 11 is 3.36. The van der Waals surface area contributed by atoms with E-state index >= 15 is 0 Å². The molecule has 0 aromatic heterocycles. The number of anilines is 1. The predicted octanol–water partition coefficient (Wildman–Crippen LogP) is 4.15. The summed E-state index contributed by atoms with van der Waals surface area (Å²) in [5.74, 6) is -0.508. The van der Waals surface area contributed by atoms with Crippen LogP contribution < -0.4 is 10.6 Å². The van der Waals surface area contributed by atoms with Crippen LogP contribution in [0.1, 0.15) is 29.8 Å². The van der Waals surface area contributed by atoms with Gasteiger partial charge < -0.3 is 10.6 Å². The normalized spacial score (nSPS) is 11.9. The van der Waals surface area contributed by atoms with Crippen molar-refractivity contribution in [3.63, 3.8) is 0 Å². The van der Waals surface area contributed by atoms with Gasteiger partial charge in [-0.1, -0.05) is 47.5 Å². The highest BCUT2D eigenvalue weighted by Gasteiger charge is 2.24. The molecule has 0 saturated heterocycles. The van der Waals surface area contributed by atoms with Crippen LogP contribution in [0, 0.1) is 12.8 Å². The van der Waals surface area contributed by atoms with Crippen LogP contribution in [0.3, 0.4) is 0 Å². The first-order valence-corrected chi connectivity index (χ1v) is 8.60. The van der Waals surface area contributed by atoms with E-state index in [9.17, 15) is 9.59 Å². The van der Waals surface area contributed by atoms with Crippen molar-refractivity contribution in [1.82, 2.24) is 5.32 Å². The van der Waals surface area contributed by atoms with Crippen LogP contribution in [0.4, 0.5) is 5.69 Å². The van der Waals surface area contributed by atoms with Gasteiger partial charge >= 0.3 is 0 Å². The van der Waals surface area contributed by atoms with E-state index in [4.69, 9.17) is 0 Å². The zero-order valence-electron chi connectivity index (χ0n) is 14.0. The number of hydrogen-bond donors (Lipinski definition) is 2. The zero-order valence-corrected chi connectivity index (χ0v) is 15.6. The number of hydrogen-bond acceptors (Lipinski definition) is 2. The topological polar surface area (TPSA) is 58.2 Å². The highest BCUT2D eigenvalue weighted by molar-refractivity contribution is 9.10. The summed E-state index contributed by atoms with van der Waals surface area (Å²) in [6.45, 7) is 5.74. The van der Waals surface area contributed by atoms with E-state index in [0.29, 0.717) is 11.3 Å². The number of aryl methyl sites for hydroxylation is 1. The van der Waals surface area contributed by atoms with Gasteiger partial charge in [-0.25, -0.2) is 0 Å². The van der Waals surface area contributed by atoms with Gasteiger partial charge in [0.25, 0.3) is 5.91 Å². The molecule has 0 spiro atoms. The van der Waals surface area contributed by atoms with E-state index in [1.807, 2.05) is 57.2 Å². The van der Waals surface area contributed by atoms with Crippen LogP contribution in [-0.2, 0) is 4.79 Å². The van der Waals surface area contributed by atoms with E-state index in [1.165, 1.54) is 0 Å². The molecule has 0 aliphatic heterocycles. The first-order valence-electron chi connectivity index (χ1n) is 7.81. The molecule has 1 atom stereocenters. The Morgan fingerprint density at radius 1 is 1.04 bits per heavy atom. The standard InChI is InChI=1S/C19H21BrN2O2/c1-12(2)17(19(24)21-16-9-7-15(20)8-10-16)22-18(23)14-6-4-5-13(3)11-14/h4-12,17H,1-3H3,(H,21,24)(H,22,23). The maximum atomic E-state index is 12.5. The summed E-state index contributed by atoms with van der Waals surface area (Å²) in [4.78, 5) is 25.0. The van der Waals surface area contributed by atoms with Gasteiger partial charge in [-0.05, 0) is 49.2 Å². The molecule has 126 valence electrons. The third-order valence-corrected chi connectivity index (χ3v) is 4.16. The van der Waals surface area contributed by atoms with Crippen molar-refractivity contribution in [3.8, 4) is 0 Å². The second-order valence-corrected chi connectivity index (χ2v) is 6.98. The van der Waals surface area contributed by atoms with Crippen molar-refractivity contribution in [1.29, 1.82) is 0 Å². The number of rotatable bonds is 5. The molecule has 1 unspecified atom stereocenters. The molecular formula is C19H21BrN2O2. The molecule has 0 radical (unpaired) electrons. The van der Waals surface area contributed by atoms with Crippen molar-refractivity contribution >= 4 is 33.4 Å². The van der Waals surface area contributed by atoms with Crippen molar-refractivity contribution in [2.45, 2.75) is 26.8 Å². The molecule has 2 rings (SSSR count). The first-order chi connectivity index (χ1) is 11.4. The smallest absolute Gasteiger partial charge is 0.251 e. The lowest BCUT2D eigenvalue weighted by atomic mass is 10.0. The number of carbonyl (C=O) groups excluding carboxylic acids is 2. The lowest BCUT2D eigenvalue weighted by molar-refractivity contribution is -0.118. The van der Waals surface area contributed by atoms with E-state index in [2.05, 4.69) is 26.6 Å². The summed E-state index contributed by atoms with van der Waals surface area (Å²) in [5.41, 5.74) is 2.25. The van der Waals surface area contributed by atoms with Crippen molar-refractivity contribution in [2.24, 2.45) is 5.92 Å². The first kappa shape index (κ1) is 18.2. The molecule has 5 heteroatoms. The van der Waals surface area contributed by atoms with Gasteiger partial charge in [0, 0.05) is 15.7 Å². The van der Waals surface area contributed by atoms with Crippen LogP contribution in [0.15, 0.2) is 53.0 Å². The third-order valence-electron chi connectivity index (χ3n) is 3.63. The van der Waals surface area contributed by atoms with Crippen LogP contribution in [-0.4, -0.2) is 17.9 Å². The SMILES string of the molecule is Cc1cccc(C(=O)NC(C(=O)Nc2ccc(Br)cc2)C(C)C)c1. The number of benzene rings is 2. The highest BCUT2D eigenvalue weighted by atomic mass is 79.9. The second kappa shape index (κ2) is 8.11. The Kier molecular flexibility index (Phi) is 6.15. The molecule has 0 aliphatic rings. The number of carbonyl (C=O) groups is 2. The molecule has 0 saturated carbocycles. The highest BCUT2D eigenvalue weighted by Crippen LogP contribution is 2.15. The summed E-state index contributed by atoms with van der Waals surface area (Å²) in [6.07, 6.45) is 0.